The van der Waals surface area contributed by atoms with Crippen LogP contribution in [0.1, 0.15) is 18.9 Å². The van der Waals surface area contributed by atoms with Crippen LogP contribution in [-0.2, 0) is 6.54 Å². The molecule has 2 aromatic rings. The highest BCUT2D eigenvalue weighted by atomic mass is 19.1. The van der Waals surface area contributed by atoms with E-state index in [1.807, 2.05) is 12.1 Å². The minimum Gasteiger partial charge on any atom is -0.380 e. The van der Waals surface area contributed by atoms with Gasteiger partial charge in [0.15, 0.2) is 0 Å². The Morgan fingerprint density at radius 2 is 1.82 bits per heavy atom. The summed E-state index contributed by atoms with van der Waals surface area (Å²) in [4.78, 5) is 2.49. The molecular weight excluding hydrogens is 275 g/mol. The first-order chi connectivity index (χ1) is 10.7. The number of hydrogen-bond donors (Lipinski definition) is 1. The number of piperidine rings is 1. The van der Waals surface area contributed by atoms with E-state index in [0.29, 0.717) is 17.6 Å². The normalized spacial score (nSPS) is 22.5. The molecule has 1 saturated heterocycles. The summed E-state index contributed by atoms with van der Waals surface area (Å²) in [6, 6.07) is 17.8. The van der Waals surface area contributed by atoms with Crippen molar-refractivity contribution >= 4 is 5.69 Å². The molecule has 1 aliphatic rings. The van der Waals surface area contributed by atoms with Gasteiger partial charge in [-0.05, 0) is 30.0 Å². The zero-order valence-corrected chi connectivity index (χ0v) is 13.0. The average Bonchev–Trinajstić information content (AvgIpc) is 2.53. The summed E-state index contributed by atoms with van der Waals surface area (Å²) in [5.74, 6) is 0.332. The fraction of sp³-hybridized carbons (Fsp3) is 0.368. The first-order valence-electron chi connectivity index (χ1n) is 8.00. The van der Waals surface area contributed by atoms with Crippen LogP contribution in [0, 0.1) is 11.7 Å². The van der Waals surface area contributed by atoms with Gasteiger partial charge in [0.05, 0.1) is 5.69 Å². The minimum atomic E-state index is -0.165. The molecule has 22 heavy (non-hydrogen) atoms. The van der Waals surface area contributed by atoms with Crippen molar-refractivity contribution in [2.45, 2.75) is 25.9 Å². The van der Waals surface area contributed by atoms with Crippen LogP contribution < -0.4 is 5.32 Å². The molecule has 1 N–H and O–H groups in total. The molecule has 2 atom stereocenters. The molecule has 2 aromatic carbocycles. The molecule has 0 radical (unpaired) electrons. The summed E-state index contributed by atoms with van der Waals surface area (Å²) < 4.78 is 13.8. The Morgan fingerprint density at radius 1 is 1.09 bits per heavy atom. The van der Waals surface area contributed by atoms with E-state index in [9.17, 15) is 4.39 Å². The van der Waals surface area contributed by atoms with Crippen molar-refractivity contribution in [1.82, 2.24) is 4.90 Å². The molecule has 116 valence electrons. The van der Waals surface area contributed by atoms with Gasteiger partial charge in [0.2, 0.25) is 0 Å². The molecule has 1 aliphatic heterocycles. The zero-order chi connectivity index (χ0) is 15.4. The molecule has 0 bridgehead atoms. The predicted octanol–water partition coefficient (Wildman–Crippen LogP) is 4.15. The topological polar surface area (TPSA) is 15.3 Å². The number of rotatable bonds is 4. The highest BCUT2D eigenvalue weighted by Crippen LogP contribution is 2.23. The standard InChI is InChI=1S/C19H23FN2/c1-15-13-22(14-16-7-3-2-4-8-16)12-11-18(15)21-19-10-6-5-9-17(19)20/h2-10,15,18,21H,11-14H2,1H3/t15-,18+/m0/s1. The van der Waals surface area contributed by atoms with Crippen LogP contribution in [0.5, 0.6) is 0 Å². The maximum Gasteiger partial charge on any atom is 0.146 e. The summed E-state index contributed by atoms with van der Waals surface area (Å²) in [5, 5.41) is 3.38. The first-order valence-corrected chi connectivity index (χ1v) is 8.00. The molecule has 0 aromatic heterocycles. The van der Waals surface area contributed by atoms with Gasteiger partial charge < -0.3 is 5.32 Å². The van der Waals surface area contributed by atoms with E-state index in [-0.39, 0.29) is 5.82 Å². The lowest BCUT2D eigenvalue weighted by Crippen LogP contribution is -2.44. The van der Waals surface area contributed by atoms with E-state index in [1.54, 1.807) is 6.07 Å². The summed E-state index contributed by atoms with van der Waals surface area (Å²) in [6.07, 6.45) is 1.04. The Bertz CT molecular complexity index is 599. The average molecular weight is 298 g/mol. The van der Waals surface area contributed by atoms with Gasteiger partial charge in [-0.2, -0.15) is 0 Å². The summed E-state index contributed by atoms with van der Waals surface area (Å²) in [5.41, 5.74) is 1.98. The monoisotopic (exact) mass is 298 g/mol. The van der Waals surface area contributed by atoms with E-state index in [0.717, 1.165) is 26.1 Å². The highest BCUT2D eigenvalue weighted by Gasteiger charge is 2.26. The second kappa shape index (κ2) is 6.93. The predicted molar refractivity (Wildman–Crippen MR) is 89.3 cm³/mol. The first kappa shape index (κ1) is 15.0. The van der Waals surface area contributed by atoms with Gasteiger partial charge in [-0.1, -0.05) is 49.4 Å². The zero-order valence-electron chi connectivity index (χ0n) is 13.0. The number of likely N-dealkylation sites (tertiary alicyclic amines) is 1. The summed E-state index contributed by atoms with van der Waals surface area (Å²) in [7, 11) is 0. The Balaban J connectivity index is 1.57. The SMILES string of the molecule is C[C@H]1CN(Cc2ccccc2)CC[C@H]1Nc1ccccc1F. The minimum absolute atomic E-state index is 0.165. The van der Waals surface area contributed by atoms with Crippen molar-refractivity contribution in [1.29, 1.82) is 0 Å². The van der Waals surface area contributed by atoms with Crippen LogP contribution in [0.25, 0.3) is 0 Å². The molecule has 0 amide bonds. The summed E-state index contributed by atoms with van der Waals surface area (Å²) in [6.45, 7) is 5.33. The number of anilines is 1. The molecule has 0 unspecified atom stereocenters. The molecule has 0 saturated carbocycles. The Morgan fingerprint density at radius 3 is 2.55 bits per heavy atom. The van der Waals surface area contributed by atoms with Gasteiger partial charge in [-0.25, -0.2) is 4.39 Å². The number of para-hydroxylation sites is 1. The van der Waals surface area contributed by atoms with Crippen LogP contribution in [0.4, 0.5) is 10.1 Å². The quantitative estimate of drug-likeness (QED) is 0.912. The third kappa shape index (κ3) is 3.66. The van der Waals surface area contributed by atoms with E-state index in [4.69, 9.17) is 0 Å². The smallest absolute Gasteiger partial charge is 0.146 e. The Hall–Kier alpha value is -1.87. The molecule has 3 rings (SSSR count). The van der Waals surface area contributed by atoms with Crippen molar-refractivity contribution in [2.75, 3.05) is 18.4 Å². The third-order valence-electron chi connectivity index (χ3n) is 4.45. The van der Waals surface area contributed by atoms with Crippen molar-refractivity contribution < 1.29 is 4.39 Å². The van der Waals surface area contributed by atoms with Gasteiger partial charge in [0.1, 0.15) is 5.82 Å². The number of hydrogen-bond acceptors (Lipinski definition) is 2. The van der Waals surface area contributed by atoms with Crippen LogP contribution >= 0.6 is 0 Å². The van der Waals surface area contributed by atoms with Crippen molar-refractivity contribution in [2.24, 2.45) is 5.92 Å². The highest BCUT2D eigenvalue weighted by molar-refractivity contribution is 5.45. The van der Waals surface area contributed by atoms with Gasteiger partial charge in [0, 0.05) is 25.7 Å². The molecule has 0 spiro atoms. The van der Waals surface area contributed by atoms with Crippen molar-refractivity contribution in [3.8, 4) is 0 Å². The molecule has 1 heterocycles. The fourth-order valence-electron chi connectivity index (χ4n) is 3.21. The van der Waals surface area contributed by atoms with Crippen molar-refractivity contribution in [3.05, 3.63) is 66.0 Å². The van der Waals surface area contributed by atoms with E-state index < -0.39 is 0 Å². The van der Waals surface area contributed by atoms with E-state index >= 15 is 0 Å². The Kier molecular flexibility index (Phi) is 4.74. The van der Waals surface area contributed by atoms with E-state index in [1.165, 1.54) is 11.6 Å². The molecule has 3 heteroatoms. The second-order valence-corrected chi connectivity index (χ2v) is 6.22. The van der Waals surface area contributed by atoms with Crippen LogP contribution in [0.3, 0.4) is 0 Å². The maximum absolute atomic E-state index is 13.8. The Labute approximate surface area is 132 Å². The van der Waals surface area contributed by atoms with Crippen molar-refractivity contribution in [3.63, 3.8) is 0 Å². The summed E-state index contributed by atoms with van der Waals surface area (Å²) >= 11 is 0. The largest absolute Gasteiger partial charge is 0.380 e. The third-order valence-corrected chi connectivity index (χ3v) is 4.45. The molecule has 1 fully saturated rings. The molecule has 0 aliphatic carbocycles. The lowest BCUT2D eigenvalue weighted by Gasteiger charge is -2.37. The second-order valence-electron chi connectivity index (χ2n) is 6.22. The number of benzene rings is 2. The van der Waals surface area contributed by atoms with Gasteiger partial charge >= 0.3 is 0 Å². The van der Waals surface area contributed by atoms with Gasteiger partial charge in [0.25, 0.3) is 0 Å². The van der Waals surface area contributed by atoms with Gasteiger partial charge in [-0.3, -0.25) is 4.90 Å². The lowest BCUT2D eigenvalue weighted by molar-refractivity contribution is 0.164. The molecule has 2 nitrogen and oxygen atoms in total. The maximum atomic E-state index is 13.8. The number of nitrogens with zero attached hydrogens (tertiary/aromatic N) is 1. The molecular formula is C19H23FN2. The van der Waals surface area contributed by atoms with Crippen LogP contribution in [0.15, 0.2) is 54.6 Å². The van der Waals surface area contributed by atoms with E-state index in [2.05, 4.69) is 47.5 Å². The number of nitrogens with one attached hydrogen (secondary N) is 1. The number of halogens is 1. The lowest BCUT2D eigenvalue weighted by atomic mass is 9.93. The van der Waals surface area contributed by atoms with Gasteiger partial charge in [-0.15, -0.1) is 0 Å². The van der Waals surface area contributed by atoms with Crippen LogP contribution in [-0.4, -0.2) is 24.0 Å². The van der Waals surface area contributed by atoms with Crippen LogP contribution in [0.2, 0.25) is 0 Å². The fourth-order valence-corrected chi connectivity index (χ4v) is 3.21.